The summed E-state index contributed by atoms with van der Waals surface area (Å²) in [6.45, 7) is 3.88. The molecule has 1 atom stereocenters. The molecule has 0 aromatic carbocycles. The molecule has 1 N–H and O–H groups in total. The molecule has 0 aliphatic heterocycles. The number of thioether (sulfide) groups is 1. The number of carboxylic acids is 1. The summed E-state index contributed by atoms with van der Waals surface area (Å²) >= 11 is 1.50. The molecule has 0 aliphatic rings. The standard InChI is InChI=1S/C11H18N2O2S/c1-8(2)10(11(14)15)16-7-5-9-4-6-12-13(9)3/h4,6,8,10H,5,7H2,1-3H3,(H,14,15). The zero-order valence-corrected chi connectivity index (χ0v) is 10.7. The van der Waals surface area contributed by atoms with Gasteiger partial charge in [-0.1, -0.05) is 13.8 Å². The van der Waals surface area contributed by atoms with Gasteiger partial charge in [0.1, 0.15) is 5.25 Å². The zero-order chi connectivity index (χ0) is 12.1. The predicted octanol–water partition coefficient (Wildman–Crippen LogP) is 1.81. The molecule has 1 rings (SSSR count). The van der Waals surface area contributed by atoms with Crippen LogP contribution in [0.25, 0.3) is 0 Å². The van der Waals surface area contributed by atoms with E-state index in [0.29, 0.717) is 0 Å². The number of carbonyl (C=O) groups is 1. The number of carboxylic acid groups (broad SMARTS) is 1. The van der Waals surface area contributed by atoms with Crippen molar-refractivity contribution in [1.82, 2.24) is 9.78 Å². The van der Waals surface area contributed by atoms with E-state index in [9.17, 15) is 4.79 Å². The van der Waals surface area contributed by atoms with Crippen LogP contribution in [-0.2, 0) is 18.3 Å². The molecule has 0 spiro atoms. The van der Waals surface area contributed by atoms with Crippen molar-refractivity contribution in [2.75, 3.05) is 5.75 Å². The minimum absolute atomic E-state index is 0.161. The van der Waals surface area contributed by atoms with Gasteiger partial charge in [0.2, 0.25) is 0 Å². The Kier molecular flexibility index (Phi) is 4.86. The van der Waals surface area contributed by atoms with Gasteiger partial charge in [-0.2, -0.15) is 5.10 Å². The number of hydrogen-bond acceptors (Lipinski definition) is 3. The van der Waals surface area contributed by atoms with Crippen LogP contribution in [0.15, 0.2) is 12.3 Å². The van der Waals surface area contributed by atoms with Gasteiger partial charge in [-0.25, -0.2) is 0 Å². The molecule has 0 saturated heterocycles. The van der Waals surface area contributed by atoms with Gasteiger partial charge in [-0.05, 0) is 24.2 Å². The maximum atomic E-state index is 11.0. The molecule has 1 aromatic heterocycles. The van der Waals surface area contributed by atoms with Crippen molar-refractivity contribution < 1.29 is 9.90 Å². The number of nitrogens with zero attached hydrogens (tertiary/aromatic N) is 2. The summed E-state index contributed by atoms with van der Waals surface area (Å²) in [5.41, 5.74) is 1.14. The number of rotatable bonds is 6. The van der Waals surface area contributed by atoms with Gasteiger partial charge >= 0.3 is 5.97 Å². The van der Waals surface area contributed by atoms with E-state index in [1.165, 1.54) is 11.8 Å². The maximum Gasteiger partial charge on any atom is 0.316 e. The molecule has 1 aromatic rings. The zero-order valence-electron chi connectivity index (χ0n) is 9.88. The van der Waals surface area contributed by atoms with Gasteiger partial charge < -0.3 is 5.11 Å². The fourth-order valence-electron chi connectivity index (χ4n) is 1.49. The second kappa shape index (κ2) is 5.94. The van der Waals surface area contributed by atoms with Crippen molar-refractivity contribution in [2.24, 2.45) is 13.0 Å². The topological polar surface area (TPSA) is 55.1 Å². The average molecular weight is 242 g/mol. The number of aromatic nitrogens is 2. The molecular formula is C11H18N2O2S. The van der Waals surface area contributed by atoms with Crippen LogP contribution >= 0.6 is 11.8 Å². The van der Waals surface area contributed by atoms with E-state index >= 15 is 0 Å². The van der Waals surface area contributed by atoms with Crippen molar-refractivity contribution >= 4 is 17.7 Å². The molecule has 0 saturated carbocycles. The minimum atomic E-state index is -0.718. The van der Waals surface area contributed by atoms with Crippen LogP contribution in [0.1, 0.15) is 19.5 Å². The van der Waals surface area contributed by atoms with Crippen LogP contribution in [0.2, 0.25) is 0 Å². The van der Waals surface area contributed by atoms with Gasteiger partial charge in [0.05, 0.1) is 0 Å². The highest BCUT2D eigenvalue weighted by Crippen LogP contribution is 2.20. The molecule has 16 heavy (non-hydrogen) atoms. The summed E-state index contributed by atoms with van der Waals surface area (Å²) in [7, 11) is 1.90. The first-order valence-electron chi connectivity index (χ1n) is 5.33. The molecule has 0 bridgehead atoms. The summed E-state index contributed by atoms with van der Waals surface area (Å²) < 4.78 is 1.83. The van der Waals surface area contributed by atoms with Crippen molar-refractivity contribution in [3.05, 3.63) is 18.0 Å². The third-order valence-corrected chi connectivity index (χ3v) is 3.97. The largest absolute Gasteiger partial charge is 0.480 e. The Labute approximate surface area is 100 Å². The van der Waals surface area contributed by atoms with Crippen LogP contribution in [-0.4, -0.2) is 31.9 Å². The molecule has 1 unspecified atom stereocenters. The van der Waals surface area contributed by atoms with Gasteiger partial charge in [-0.15, -0.1) is 11.8 Å². The second-order valence-corrected chi connectivity index (χ2v) is 5.32. The Morgan fingerprint density at radius 3 is 2.75 bits per heavy atom. The highest BCUT2D eigenvalue weighted by atomic mass is 32.2. The van der Waals surface area contributed by atoms with Crippen LogP contribution in [0.5, 0.6) is 0 Å². The fourth-order valence-corrected chi connectivity index (χ4v) is 2.59. The minimum Gasteiger partial charge on any atom is -0.480 e. The third-order valence-electron chi connectivity index (χ3n) is 2.43. The first-order chi connectivity index (χ1) is 7.52. The lowest BCUT2D eigenvalue weighted by molar-refractivity contribution is -0.137. The third kappa shape index (κ3) is 3.56. The van der Waals surface area contributed by atoms with Crippen molar-refractivity contribution in [1.29, 1.82) is 0 Å². The van der Waals surface area contributed by atoms with E-state index < -0.39 is 5.97 Å². The lowest BCUT2D eigenvalue weighted by Gasteiger charge is -2.15. The SMILES string of the molecule is CC(C)C(SCCc1ccnn1C)C(=O)O. The van der Waals surface area contributed by atoms with E-state index in [1.807, 2.05) is 31.6 Å². The molecule has 4 nitrogen and oxygen atoms in total. The fraction of sp³-hybridized carbons (Fsp3) is 0.636. The first-order valence-corrected chi connectivity index (χ1v) is 6.38. The number of aliphatic carboxylic acids is 1. The quantitative estimate of drug-likeness (QED) is 0.826. The highest BCUT2D eigenvalue weighted by Gasteiger charge is 2.21. The predicted molar refractivity (Wildman–Crippen MR) is 65.6 cm³/mol. The van der Waals surface area contributed by atoms with Crippen molar-refractivity contribution in [2.45, 2.75) is 25.5 Å². The van der Waals surface area contributed by atoms with Gasteiger partial charge in [0.25, 0.3) is 0 Å². The summed E-state index contributed by atoms with van der Waals surface area (Å²) in [4.78, 5) is 11.0. The van der Waals surface area contributed by atoms with Crippen LogP contribution in [0.3, 0.4) is 0 Å². The van der Waals surface area contributed by atoms with E-state index in [-0.39, 0.29) is 11.2 Å². The summed E-state index contributed by atoms with van der Waals surface area (Å²) in [6, 6.07) is 1.96. The van der Waals surface area contributed by atoms with Gasteiger partial charge in [0.15, 0.2) is 0 Å². The molecule has 1 heterocycles. The van der Waals surface area contributed by atoms with E-state index in [2.05, 4.69) is 5.10 Å². The van der Waals surface area contributed by atoms with Gasteiger partial charge in [-0.3, -0.25) is 9.48 Å². The normalized spacial score (nSPS) is 13.0. The summed E-state index contributed by atoms with van der Waals surface area (Å²) in [5.74, 6) is 0.258. The summed E-state index contributed by atoms with van der Waals surface area (Å²) in [5, 5.41) is 12.8. The van der Waals surface area contributed by atoms with E-state index in [1.54, 1.807) is 6.20 Å². The van der Waals surface area contributed by atoms with Crippen LogP contribution < -0.4 is 0 Å². The van der Waals surface area contributed by atoms with Gasteiger partial charge in [0, 0.05) is 18.9 Å². The second-order valence-electron chi connectivity index (χ2n) is 4.07. The smallest absolute Gasteiger partial charge is 0.316 e. The number of aryl methyl sites for hydroxylation is 2. The molecule has 0 fully saturated rings. The lowest BCUT2D eigenvalue weighted by Crippen LogP contribution is -2.23. The van der Waals surface area contributed by atoms with Crippen LogP contribution in [0, 0.1) is 5.92 Å². The maximum absolute atomic E-state index is 11.0. The Balaban J connectivity index is 2.40. The highest BCUT2D eigenvalue weighted by molar-refractivity contribution is 8.00. The Bertz CT molecular complexity index is 350. The summed E-state index contributed by atoms with van der Waals surface area (Å²) in [6.07, 6.45) is 2.62. The first kappa shape index (κ1) is 13.1. The Morgan fingerprint density at radius 1 is 1.62 bits per heavy atom. The van der Waals surface area contributed by atoms with Crippen molar-refractivity contribution in [3.63, 3.8) is 0 Å². The molecule has 5 heteroatoms. The molecular weight excluding hydrogens is 224 g/mol. The Hall–Kier alpha value is -0.970. The molecule has 0 radical (unpaired) electrons. The lowest BCUT2D eigenvalue weighted by atomic mass is 10.1. The van der Waals surface area contributed by atoms with E-state index in [0.717, 1.165) is 17.9 Å². The van der Waals surface area contributed by atoms with Crippen LogP contribution in [0.4, 0.5) is 0 Å². The molecule has 90 valence electrons. The molecule has 0 aliphatic carbocycles. The monoisotopic (exact) mass is 242 g/mol. The van der Waals surface area contributed by atoms with E-state index in [4.69, 9.17) is 5.11 Å². The molecule has 0 amide bonds. The number of hydrogen-bond donors (Lipinski definition) is 1. The Morgan fingerprint density at radius 2 is 2.31 bits per heavy atom. The average Bonchev–Trinajstić information content (AvgIpc) is 2.57. The van der Waals surface area contributed by atoms with Crippen molar-refractivity contribution in [3.8, 4) is 0 Å².